The van der Waals surface area contributed by atoms with Gasteiger partial charge in [0.05, 0.1) is 29.4 Å². The molecule has 1 aliphatic rings. The average Bonchev–Trinajstić information content (AvgIpc) is 2.58. The number of rotatable bonds is 6. The van der Waals surface area contributed by atoms with E-state index in [1.807, 2.05) is 25.1 Å². The van der Waals surface area contributed by atoms with E-state index in [-0.39, 0.29) is 24.5 Å². The summed E-state index contributed by atoms with van der Waals surface area (Å²) >= 11 is 0. The Morgan fingerprint density at radius 3 is 2.77 bits per heavy atom. The molecule has 0 saturated carbocycles. The first-order valence-electron chi connectivity index (χ1n) is 8.67. The summed E-state index contributed by atoms with van der Waals surface area (Å²) in [5.41, 5.74) is -0.363. The molecule has 1 aromatic carbocycles. The Hall–Kier alpha value is -1.67. The molecule has 2 heterocycles. The first-order chi connectivity index (χ1) is 12.0. The van der Waals surface area contributed by atoms with Gasteiger partial charge in [-0.15, -0.1) is 12.4 Å². The lowest BCUT2D eigenvalue weighted by Crippen LogP contribution is -2.46. The van der Waals surface area contributed by atoms with Gasteiger partial charge in [-0.25, -0.2) is 4.98 Å². The number of halogens is 1. The van der Waals surface area contributed by atoms with Crippen molar-refractivity contribution in [2.75, 3.05) is 40.3 Å². The van der Waals surface area contributed by atoms with E-state index in [4.69, 9.17) is 4.74 Å². The van der Waals surface area contributed by atoms with Crippen LogP contribution < -0.4 is 15.6 Å². The van der Waals surface area contributed by atoms with Crippen LogP contribution in [0.4, 0.5) is 0 Å². The standard InChI is InChI=1S/C18H26N4O3.ClH/c1-21(2)9-10-25-14-3-4-16-15(11-14)17(23)22(13-20-16)12-18(24)5-7-19-8-6-18;/h3-4,11,13,19,24H,5-10,12H2,1-2H3;1H. The summed E-state index contributed by atoms with van der Waals surface area (Å²) in [6.07, 6.45) is 2.79. The number of piperidine rings is 1. The smallest absolute Gasteiger partial charge is 0.261 e. The van der Waals surface area contributed by atoms with E-state index in [2.05, 4.69) is 10.3 Å². The highest BCUT2D eigenvalue weighted by Crippen LogP contribution is 2.21. The maximum Gasteiger partial charge on any atom is 0.261 e. The second kappa shape index (κ2) is 8.81. The topological polar surface area (TPSA) is 79.6 Å². The van der Waals surface area contributed by atoms with Crippen molar-refractivity contribution in [2.45, 2.75) is 25.0 Å². The van der Waals surface area contributed by atoms with Gasteiger partial charge in [0, 0.05) is 6.54 Å². The van der Waals surface area contributed by atoms with E-state index >= 15 is 0 Å². The van der Waals surface area contributed by atoms with Crippen molar-refractivity contribution in [2.24, 2.45) is 0 Å². The number of ether oxygens (including phenoxy) is 1. The number of aliphatic hydroxyl groups is 1. The molecule has 26 heavy (non-hydrogen) atoms. The number of nitrogens with one attached hydrogen (secondary N) is 1. The van der Waals surface area contributed by atoms with Crippen LogP contribution in [0.15, 0.2) is 29.3 Å². The molecule has 0 bridgehead atoms. The van der Waals surface area contributed by atoms with Crippen LogP contribution in [0.5, 0.6) is 5.75 Å². The van der Waals surface area contributed by atoms with E-state index in [1.54, 1.807) is 12.1 Å². The summed E-state index contributed by atoms with van der Waals surface area (Å²) in [5.74, 6) is 0.659. The van der Waals surface area contributed by atoms with Crippen LogP contribution >= 0.6 is 12.4 Å². The number of hydrogen-bond acceptors (Lipinski definition) is 6. The van der Waals surface area contributed by atoms with Gasteiger partial charge in [-0.05, 0) is 58.2 Å². The van der Waals surface area contributed by atoms with Crippen LogP contribution in [0.3, 0.4) is 0 Å². The molecule has 1 aromatic heterocycles. The van der Waals surface area contributed by atoms with Gasteiger partial charge in [0.2, 0.25) is 0 Å². The lowest BCUT2D eigenvalue weighted by Gasteiger charge is -2.32. The molecule has 3 rings (SSSR count). The summed E-state index contributed by atoms with van der Waals surface area (Å²) in [7, 11) is 3.97. The molecule has 0 spiro atoms. The minimum Gasteiger partial charge on any atom is -0.492 e. The van der Waals surface area contributed by atoms with E-state index in [0.717, 1.165) is 19.6 Å². The fourth-order valence-electron chi connectivity index (χ4n) is 3.05. The quantitative estimate of drug-likeness (QED) is 0.771. The van der Waals surface area contributed by atoms with E-state index < -0.39 is 5.60 Å². The minimum absolute atomic E-state index is 0. The van der Waals surface area contributed by atoms with Gasteiger partial charge >= 0.3 is 0 Å². The van der Waals surface area contributed by atoms with Crippen LogP contribution in [0, 0.1) is 0 Å². The molecular formula is C18H27ClN4O3. The number of aromatic nitrogens is 2. The van der Waals surface area contributed by atoms with Crippen molar-refractivity contribution in [1.82, 2.24) is 19.8 Å². The van der Waals surface area contributed by atoms with E-state index in [0.29, 0.717) is 36.1 Å². The van der Waals surface area contributed by atoms with E-state index in [9.17, 15) is 9.90 Å². The molecule has 144 valence electrons. The first-order valence-corrected chi connectivity index (χ1v) is 8.67. The third kappa shape index (κ3) is 4.94. The van der Waals surface area contributed by atoms with Crippen molar-refractivity contribution in [1.29, 1.82) is 0 Å². The van der Waals surface area contributed by atoms with Gasteiger partial charge in [-0.2, -0.15) is 0 Å². The molecule has 8 heteroatoms. The van der Waals surface area contributed by atoms with Crippen molar-refractivity contribution in [3.63, 3.8) is 0 Å². The summed E-state index contributed by atoms with van der Waals surface area (Å²) in [6.45, 7) is 3.14. The Balaban J connectivity index is 0.00000243. The van der Waals surface area contributed by atoms with Gasteiger partial charge in [-0.1, -0.05) is 0 Å². The molecule has 2 N–H and O–H groups in total. The molecular weight excluding hydrogens is 356 g/mol. The zero-order valence-electron chi connectivity index (χ0n) is 15.3. The summed E-state index contributed by atoms with van der Waals surface area (Å²) < 4.78 is 7.23. The highest BCUT2D eigenvalue weighted by atomic mass is 35.5. The zero-order valence-corrected chi connectivity index (χ0v) is 16.1. The Bertz CT molecular complexity index is 788. The second-order valence-electron chi connectivity index (χ2n) is 6.98. The van der Waals surface area contributed by atoms with E-state index in [1.165, 1.54) is 10.9 Å². The van der Waals surface area contributed by atoms with Crippen LogP contribution in [0.2, 0.25) is 0 Å². The van der Waals surface area contributed by atoms with Crippen LogP contribution in [0.25, 0.3) is 10.9 Å². The van der Waals surface area contributed by atoms with Gasteiger partial charge in [0.25, 0.3) is 5.56 Å². The van der Waals surface area contributed by atoms with Crippen molar-refractivity contribution in [3.8, 4) is 5.75 Å². The summed E-state index contributed by atoms with van der Waals surface area (Å²) in [5, 5.41) is 14.4. The Labute approximate surface area is 159 Å². The maximum absolute atomic E-state index is 12.8. The van der Waals surface area contributed by atoms with Crippen LogP contribution in [-0.2, 0) is 6.54 Å². The molecule has 0 radical (unpaired) electrons. The summed E-state index contributed by atoms with van der Waals surface area (Å²) in [4.78, 5) is 19.2. The average molecular weight is 383 g/mol. The monoisotopic (exact) mass is 382 g/mol. The van der Waals surface area contributed by atoms with Gasteiger partial charge in [-0.3, -0.25) is 9.36 Å². The van der Waals surface area contributed by atoms with Crippen LogP contribution in [0.1, 0.15) is 12.8 Å². The maximum atomic E-state index is 12.8. The number of hydrogen-bond donors (Lipinski definition) is 2. The van der Waals surface area contributed by atoms with Crippen LogP contribution in [-0.4, -0.2) is 65.5 Å². The lowest BCUT2D eigenvalue weighted by atomic mass is 9.92. The molecule has 2 aromatic rings. The fraction of sp³-hybridized carbons (Fsp3) is 0.556. The second-order valence-corrected chi connectivity index (χ2v) is 6.98. The third-order valence-electron chi connectivity index (χ3n) is 4.60. The van der Waals surface area contributed by atoms with Gasteiger partial charge in [0.1, 0.15) is 12.4 Å². The predicted octanol–water partition coefficient (Wildman–Crippen LogP) is 0.873. The minimum atomic E-state index is -0.857. The fourth-order valence-corrected chi connectivity index (χ4v) is 3.05. The highest BCUT2D eigenvalue weighted by molar-refractivity contribution is 5.85. The molecule has 0 unspecified atom stereocenters. The molecule has 0 amide bonds. The lowest BCUT2D eigenvalue weighted by molar-refractivity contribution is -0.00627. The molecule has 0 aliphatic carbocycles. The Morgan fingerprint density at radius 1 is 1.35 bits per heavy atom. The first kappa shape index (κ1) is 20.6. The normalized spacial score (nSPS) is 16.5. The molecule has 7 nitrogen and oxygen atoms in total. The molecule has 1 aliphatic heterocycles. The SMILES string of the molecule is CN(C)CCOc1ccc2ncn(CC3(O)CCNCC3)c(=O)c2c1.Cl. The third-order valence-corrected chi connectivity index (χ3v) is 4.60. The number of benzene rings is 1. The van der Waals surface area contributed by atoms with Crippen molar-refractivity contribution < 1.29 is 9.84 Å². The number of likely N-dealkylation sites (N-methyl/N-ethyl adjacent to an activating group) is 1. The zero-order chi connectivity index (χ0) is 17.9. The van der Waals surface area contributed by atoms with Gasteiger partial charge < -0.3 is 20.1 Å². The predicted molar refractivity (Wildman–Crippen MR) is 104 cm³/mol. The largest absolute Gasteiger partial charge is 0.492 e. The number of fused-ring (bicyclic) bond motifs is 1. The molecule has 1 fully saturated rings. The highest BCUT2D eigenvalue weighted by Gasteiger charge is 2.30. The van der Waals surface area contributed by atoms with Crippen molar-refractivity contribution >= 4 is 23.3 Å². The van der Waals surface area contributed by atoms with Crippen molar-refractivity contribution in [3.05, 3.63) is 34.9 Å². The van der Waals surface area contributed by atoms with Gasteiger partial charge in [0.15, 0.2) is 0 Å². The Morgan fingerprint density at radius 2 is 2.08 bits per heavy atom. The summed E-state index contributed by atoms with van der Waals surface area (Å²) in [6, 6.07) is 5.36. The molecule has 1 saturated heterocycles. The number of nitrogens with zero attached hydrogens (tertiary/aromatic N) is 3. The molecule has 0 atom stereocenters. The Kier molecular flexibility index (Phi) is 7.00.